The molecule has 29 heavy (non-hydrogen) atoms. The smallest absolute Gasteiger partial charge is 0.256 e. The number of ether oxygens (including phenoxy) is 2. The molecule has 1 aromatic carbocycles. The Balaban J connectivity index is 1.41. The molecule has 1 aromatic rings. The molecule has 2 aliphatic rings. The molecule has 1 heterocycles. The summed E-state index contributed by atoms with van der Waals surface area (Å²) in [6.45, 7) is 11.2. The van der Waals surface area contributed by atoms with Crippen LogP contribution in [-0.4, -0.2) is 49.3 Å². The molecule has 2 fully saturated rings. The monoisotopic (exact) mass is 402 g/mol. The first-order valence-corrected chi connectivity index (χ1v) is 11.4. The van der Waals surface area contributed by atoms with Crippen molar-refractivity contribution < 1.29 is 14.3 Å². The molecule has 2 atom stereocenters. The Morgan fingerprint density at radius 1 is 1.21 bits per heavy atom. The number of amides is 1. The molecule has 1 saturated carbocycles. The molecule has 0 spiro atoms. The van der Waals surface area contributed by atoms with E-state index in [1.54, 1.807) is 0 Å². The number of anilines is 1. The summed E-state index contributed by atoms with van der Waals surface area (Å²) in [6.07, 6.45) is 6.77. The quantitative estimate of drug-likeness (QED) is 0.544. The van der Waals surface area contributed by atoms with Crippen molar-refractivity contribution in [2.45, 2.75) is 64.9 Å². The van der Waals surface area contributed by atoms with Crippen LogP contribution in [0.5, 0.6) is 5.75 Å². The molecule has 3 rings (SSSR count). The van der Waals surface area contributed by atoms with Crippen LogP contribution in [0.25, 0.3) is 0 Å². The van der Waals surface area contributed by atoms with E-state index < -0.39 is 5.60 Å². The fraction of sp³-hybridized carbons (Fsp3) is 0.708. The molecule has 5 heteroatoms. The Morgan fingerprint density at radius 2 is 1.97 bits per heavy atom. The van der Waals surface area contributed by atoms with Crippen LogP contribution in [0.4, 0.5) is 5.69 Å². The summed E-state index contributed by atoms with van der Waals surface area (Å²) in [7, 11) is 0. The minimum Gasteiger partial charge on any atom is -0.494 e. The van der Waals surface area contributed by atoms with E-state index >= 15 is 0 Å². The third-order valence-corrected chi connectivity index (χ3v) is 6.15. The van der Waals surface area contributed by atoms with Gasteiger partial charge < -0.3 is 19.7 Å². The topological polar surface area (TPSA) is 50.8 Å². The van der Waals surface area contributed by atoms with E-state index in [2.05, 4.69) is 24.1 Å². The summed E-state index contributed by atoms with van der Waals surface area (Å²) in [5, 5.41) is 3.03. The molecular formula is C24H38N2O3. The van der Waals surface area contributed by atoms with Gasteiger partial charge in [0.15, 0.2) is 0 Å². The van der Waals surface area contributed by atoms with Crippen molar-refractivity contribution >= 4 is 11.6 Å². The molecule has 1 saturated heterocycles. The van der Waals surface area contributed by atoms with Gasteiger partial charge in [0, 0.05) is 25.4 Å². The summed E-state index contributed by atoms with van der Waals surface area (Å²) in [5.74, 6) is 1.96. The van der Waals surface area contributed by atoms with Crippen LogP contribution in [0.1, 0.15) is 59.3 Å². The second-order valence-corrected chi connectivity index (χ2v) is 8.96. The maximum Gasteiger partial charge on any atom is 0.256 e. The van der Waals surface area contributed by atoms with Crippen molar-refractivity contribution in [1.82, 2.24) is 4.90 Å². The highest BCUT2D eigenvalue weighted by Crippen LogP contribution is 2.42. The maximum atomic E-state index is 12.8. The fourth-order valence-corrected chi connectivity index (χ4v) is 4.17. The number of carbonyl (C=O) groups is 1. The number of rotatable bonds is 11. The van der Waals surface area contributed by atoms with Gasteiger partial charge in [0.1, 0.15) is 11.4 Å². The molecule has 162 valence electrons. The first kappa shape index (κ1) is 22.1. The molecule has 1 N–H and O–H groups in total. The summed E-state index contributed by atoms with van der Waals surface area (Å²) >= 11 is 0. The molecule has 5 nitrogen and oxygen atoms in total. The standard InChI is InChI=1S/C24H38N2O3/c1-4-16-29-24(3,20-8-9-20)23(27)25-21-10-12-22(13-11-21)28-17-6-15-26-14-5-7-19(2)18-26/h10-13,19-20H,4-9,14-18H2,1-3H3,(H,25,27). The van der Waals surface area contributed by atoms with Gasteiger partial charge in [-0.3, -0.25) is 4.79 Å². The van der Waals surface area contributed by atoms with Gasteiger partial charge in [0.2, 0.25) is 0 Å². The number of carbonyl (C=O) groups excluding carboxylic acids is 1. The van der Waals surface area contributed by atoms with Crippen molar-refractivity contribution in [1.29, 1.82) is 0 Å². The van der Waals surface area contributed by atoms with E-state index in [1.165, 1.54) is 25.9 Å². The zero-order valence-electron chi connectivity index (χ0n) is 18.4. The molecule has 0 bridgehead atoms. The van der Waals surface area contributed by atoms with Crippen LogP contribution in [0.3, 0.4) is 0 Å². The van der Waals surface area contributed by atoms with Gasteiger partial charge in [0.05, 0.1) is 6.61 Å². The van der Waals surface area contributed by atoms with Gasteiger partial charge >= 0.3 is 0 Å². The normalized spacial score (nSPS) is 22.1. The Labute approximate surface area is 176 Å². The SMILES string of the molecule is CCCOC(C)(C(=O)Nc1ccc(OCCCN2CCCC(C)C2)cc1)C1CC1. The Hall–Kier alpha value is -1.59. The zero-order chi connectivity index (χ0) is 20.7. The lowest BCUT2D eigenvalue weighted by atomic mass is 9.98. The highest BCUT2D eigenvalue weighted by molar-refractivity contribution is 5.97. The van der Waals surface area contributed by atoms with Crippen molar-refractivity contribution in [3.8, 4) is 5.75 Å². The molecular weight excluding hydrogens is 364 g/mol. The molecule has 1 aliphatic carbocycles. The summed E-state index contributed by atoms with van der Waals surface area (Å²) < 4.78 is 11.8. The first-order chi connectivity index (χ1) is 14.0. The first-order valence-electron chi connectivity index (χ1n) is 11.4. The van der Waals surface area contributed by atoms with Gasteiger partial charge in [-0.1, -0.05) is 13.8 Å². The molecule has 1 amide bonds. The van der Waals surface area contributed by atoms with Crippen LogP contribution in [0, 0.1) is 11.8 Å². The van der Waals surface area contributed by atoms with E-state index in [0.717, 1.165) is 56.2 Å². The molecule has 2 unspecified atom stereocenters. The van der Waals surface area contributed by atoms with E-state index in [0.29, 0.717) is 12.5 Å². The van der Waals surface area contributed by atoms with Crippen molar-refractivity contribution in [2.75, 3.05) is 38.2 Å². The third-order valence-electron chi connectivity index (χ3n) is 6.15. The lowest BCUT2D eigenvalue weighted by Gasteiger charge is -2.30. The van der Waals surface area contributed by atoms with Crippen molar-refractivity contribution in [3.05, 3.63) is 24.3 Å². The fourth-order valence-electron chi connectivity index (χ4n) is 4.17. The molecule has 1 aliphatic heterocycles. The lowest BCUT2D eigenvalue weighted by molar-refractivity contribution is -0.142. The Bertz CT molecular complexity index is 644. The van der Waals surface area contributed by atoms with Gasteiger partial charge in [-0.25, -0.2) is 0 Å². The average molecular weight is 403 g/mol. The maximum absolute atomic E-state index is 12.8. The Kier molecular flexibility index (Phi) is 7.96. The van der Waals surface area contributed by atoms with E-state index in [9.17, 15) is 4.79 Å². The highest BCUT2D eigenvalue weighted by atomic mass is 16.5. The van der Waals surface area contributed by atoms with Gasteiger partial charge in [-0.2, -0.15) is 0 Å². The number of nitrogens with zero attached hydrogens (tertiary/aromatic N) is 1. The van der Waals surface area contributed by atoms with Crippen molar-refractivity contribution in [2.24, 2.45) is 11.8 Å². The van der Waals surface area contributed by atoms with Crippen LogP contribution >= 0.6 is 0 Å². The number of piperidine rings is 1. The van der Waals surface area contributed by atoms with Crippen LogP contribution < -0.4 is 10.1 Å². The number of nitrogens with one attached hydrogen (secondary N) is 1. The zero-order valence-corrected chi connectivity index (χ0v) is 18.4. The number of likely N-dealkylation sites (tertiary alicyclic amines) is 1. The summed E-state index contributed by atoms with van der Waals surface area (Å²) in [5.41, 5.74) is 0.0635. The largest absolute Gasteiger partial charge is 0.494 e. The van der Waals surface area contributed by atoms with Gasteiger partial charge in [-0.05, 0) is 88.1 Å². The van der Waals surface area contributed by atoms with E-state index in [4.69, 9.17) is 9.47 Å². The number of hydrogen-bond acceptors (Lipinski definition) is 4. The van der Waals surface area contributed by atoms with Gasteiger partial charge in [0.25, 0.3) is 5.91 Å². The molecule has 0 radical (unpaired) electrons. The summed E-state index contributed by atoms with van der Waals surface area (Å²) in [4.78, 5) is 15.4. The van der Waals surface area contributed by atoms with E-state index in [1.807, 2.05) is 31.2 Å². The predicted molar refractivity (Wildman–Crippen MR) is 117 cm³/mol. The van der Waals surface area contributed by atoms with E-state index in [-0.39, 0.29) is 5.91 Å². The number of benzene rings is 1. The third kappa shape index (κ3) is 6.45. The summed E-state index contributed by atoms with van der Waals surface area (Å²) in [6, 6.07) is 7.68. The lowest BCUT2D eigenvalue weighted by Crippen LogP contribution is -2.45. The molecule has 0 aromatic heterocycles. The highest BCUT2D eigenvalue weighted by Gasteiger charge is 2.48. The van der Waals surface area contributed by atoms with Gasteiger partial charge in [-0.15, -0.1) is 0 Å². The van der Waals surface area contributed by atoms with Crippen LogP contribution in [0.15, 0.2) is 24.3 Å². The Morgan fingerprint density at radius 3 is 2.62 bits per heavy atom. The average Bonchev–Trinajstić information content (AvgIpc) is 3.56. The van der Waals surface area contributed by atoms with Crippen molar-refractivity contribution in [3.63, 3.8) is 0 Å². The predicted octanol–water partition coefficient (Wildman–Crippen LogP) is 4.72. The number of hydrogen-bond donors (Lipinski definition) is 1. The van der Waals surface area contributed by atoms with Crippen LogP contribution in [0.2, 0.25) is 0 Å². The second kappa shape index (κ2) is 10.4. The minimum atomic E-state index is -0.725. The minimum absolute atomic E-state index is 0.0436. The van der Waals surface area contributed by atoms with Crippen LogP contribution in [-0.2, 0) is 9.53 Å². The second-order valence-electron chi connectivity index (χ2n) is 8.96.